The van der Waals surface area contributed by atoms with E-state index in [0.29, 0.717) is 0 Å². The van der Waals surface area contributed by atoms with Crippen molar-refractivity contribution in [1.82, 2.24) is 0 Å². The van der Waals surface area contributed by atoms with Crippen LogP contribution in [0.1, 0.15) is 23.1 Å². The van der Waals surface area contributed by atoms with Crippen LogP contribution in [-0.4, -0.2) is 5.71 Å². The number of allylic oxidation sites excluding steroid dienone is 2. The molecule has 2 aliphatic heterocycles. The van der Waals surface area contributed by atoms with Gasteiger partial charge in [0.05, 0.1) is 22.8 Å². The van der Waals surface area contributed by atoms with Gasteiger partial charge in [-0.3, -0.25) is 0 Å². The van der Waals surface area contributed by atoms with Gasteiger partial charge in [0.25, 0.3) is 0 Å². The van der Waals surface area contributed by atoms with Crippen LogP contribution in [-0.2, 0) is 6.42 Å². The summed E-state index contributed by atoms with van der Waals surface area (Å²) in [5.41, 5.74) is 13.0. The van der Waals surface area contributed by atoms with Gasteiger partial charge in [-0.2, -0.15) is 0 Å². The number of benzene rings is 8. The molecule has 0 spiro atoms. The largest absolute Gasteiger partial charge is 0.309 e. The van der Waals surface area contributed by atoms with Crippen LogP contribution in [0, 0.1) is 0 Å². The molecule has 0 radical (unpaired) electrons. The molecule has 49 heavy (non-hydrogen) atoms. The Labute approximate surface area is 285 Å². The number of rotatable bonds is 3. The van der Waals surface area contributed by atoms with Gasteiger partial charge in [-0.15, -0.1) is 0 Å². The fraction of sp³-hybridized carbons (Fsp3) is 0.0426. The fourth-order valence-electron chi connectivity index (χ4n) is 8.00. The van der Waals surface area contributed by atoms with Crippen LogP contribution in [0.2, 0.25) is 0 Å². The van der Waals surface area contributed by atoms with Crippen molar-refractivity contribution in [3.63, 3.8) is 0 Å². The highest BCUT2D eigenvalue weighted by atomic mass is 15.2. The lowest BCUT2D eigenvalue weighted by atomic mass is 9.88. The number of para-hydroxylation sites is 1. The van der Waals surface area contributed by atoms with Crippen molar-refractivity contribution in [2.75, 3.05) is 4.90 Å². The van der Waals surface area contributed by atoms with Gasteiger partial charge in [0.15, 0.2) is 0 Å². The third kappa shape index (κ3) is 4.45. The van der Waals surface area contributed by atoms with Gasteiger partial charge in [-0.05, 0) is 75.3 Å². The molecule has 0 bridgehead atoms. The van der Waals surface area contributed by atoms with Crippen molar-refractivity contribution in [3.05, 3.63) is 187 Å². The van der Waals surface area contributed by atoms with E-state index in [-0.39, 0.29) is 0 Å². The van der Waals surface area contributed by atoms with E-state index in [1.165, 1.54) is 71.5 Å². The lowest BCUT2D eigenvalue weighted by molar-refractivity contribution is 0.999. The Morgan fingerprint density at radius 1 is 0.490 bits per heavy atom. The topological polar surface area (TPSA) is 15.6 Å². The molecule has 0 amide bonds. The van der Waals surface area contributed by atoms with E-state index in [4.69, 9.17) is 4.99 Å². The average molecular weight is 625 g/mol. The zero-order chi connectivity index (χ0) is 32.3. The highest BCUT2D eigenvalue weighted by Crippen LogP contribution is 2.53. The van der Waals surface area contributed by atoms with Crippen LogP contribution in [0.3, 0.4) is 0 Å². The van der Waals surface area contributed by atoms with Crippen LogP contribution >= 0.6 is 0 Å². The predicted octanol–water partition coefficient (Wildman–Crippen LogP) is 12.7. The molecule has 2 heterocycles. The number of hydrogen-bond acceptors (Lipinski definition) is 2. The first-order chi connectivity index (χ1) is 24.3. The summed E-state index contributed by atoms with van der Waals surface area (Å²) in [7, 11) is 0. The number of anilines is 3. The normalized spacial score (nSPS) is 15.9. The van der Waals surface area contributed by atoms with E-state index in [2.05, 4.69) is 175 Å². The van der Waals surface area contributed by atoms with Gasteiger partial charge >= 0.3 is 0 Å². The monoisotopic (exact) mass is 624 g/mol. The van der Waals surface area contributed by atoms with E-state index in [1.807, 2.05) is 0 Å². The summed E-state index contributed by atoms with van der Waals surface area (Å²) in [5, 5.41) is 7.52. The zero-order valence-corrected chi connectivity index (χ0v) is 27.0. The molecule has 0 unspecified atom stereocenters. The van der Waals surface area contributed by atoms with Crippen LogP contribution in [0.5, 0.6) is 0 Å². The Bertz CT molecular complexity index is 2650. The Balaban J connectivity index is 1.18. The van der Waals surface area contributed by atoms with Crippen molar-refractivity contribution >= 4 is 66.4 Å². The van der Waals surface area contributed by atoms with Crippen LogP contribution < -0.4 is 4.90 Å². The quantitative estimate of drug-likeness (QED) is 0.191. The van der Waals surface area contributed by atoms with Gasteiger partial charge in [-0.25, -0.2) is 4.99 Å². The van der Waals surface area contributed by atoms with Gasteiger partial charge in [0.1, 0.15) is 0 Å². The third-order valence-electron chi connectivity index (χ3n) is 10.3. The van der Waals surface area contributed by atoms with Crippen LogP contribution in [0.4, 0.5) is 22.7 Å². The van der Waals surface area contributed by atoms with Crippen LogP contribution in [0.25, 0.3) is 49.0 Å². The minimum absolute atomic E-state index is 0.952. The number of aliphatic imine (C=N–C) groups is 1. The lowest BCUT2D eigenvalue weighted by Gasteiger charge is -2.34. The van der Waals surface area contributed by atoms with Gasteiger partial charge in [0.2, 0.25) is 0 Å². The predicted molar refractivity (Wildman–Crippen MR) is 208 cm³/mol. The highest BCUT2D eigenvalue weighted by molar-refractivity contribution is 6.34. The molecule has 0 atom stereocenters. The lowest BCUT2D eigenvalue weighted by Crippen LogP contribution is -2.16. The maximum absolute atomic E-state index is 5.45. The first-order valence-corrected chi connectivity index (χ1v) is 17.1. The first-order valence-electron chi connectivity index (χ1n) is 17.1. The fourth-order valence-corrected chi connectivity index (χ4v) is 8.00. The molecule has 10 rings (SSSR count). The molecular formula is C47H32N2. The zero-order valence-electron chi connectivity index (χ0n) is 27.0. The highest BCUT2D eigenvalue weighted by Gasteiger charge is 2.28. The Kier molecular flexibility index (Phi) is 6.35. The van der Waals surface area contributed by atoms with Crippen molar-refractivity contribution in [2.24, 2.45) is 4.99 Å². The average Bonchev–Trinajstić information content (AvgIpc) is 3.15. The summed E-state index contributed by atoms with van der Waals surface area (Å²) >= 11 is 0. The minimum Gasteiger partial charge on any atom is -0.309 e. The van der Waals surface area contributed by atoms with E-state index in [0.717, 1.165) is 35.5 Å². The minimum atomic E-state index is 0.952. The number of nitrogens with zero attached hydrogens (tertiary/aromatic N) is 2. The van der Waals surface area contributed by atoms with Gasteiger partial charge in [0, 0.05) is 33.2 Å². The van der Waals surface area contributed by atoms with Crippen molar-refractivity contribution < 1.29 is 0 Å². The molecule has 8 aromatic carbocycles. The summed E-state index contributed by atoms with van der Waals surface area (Å²) < 4.78 is 0. The second kappa shape index (κ2) is 11.2. The van der Waals surface area contributed by atoms with Crippen molar-refractivity contribution in [1.29, 1.82) is 0 Å². The number of fused-ring (bicyclic) bond motifs is 6. The summed E-state index contributed by atoms with van der Waals surface area (Å²) in [4.78, 5) is 7.91. The number of hydrogen-bond donors (Lipinski definition) is 0. The summed E-state index contributed by atoms with van der Waals surface area (Å²) in [5.74, 6) is 0. The third-order valence-corrected chi connectivity index (χ3v) is 10.3. The van der Waals surface area contributed by atoms with Crippen molar-refractivity contribution in [3.8, 4) is 11.1 Å². The summed E-state index contributed by atoms with van der Waals surface area (Å²) in [6.07, 6.45) is 4.32. The molecule has 0 fully saturated rings. The Morgan fingerprint density at radius 3 is 2.02 bits per heavy atom. The molecule has 0 saturated carbocycles. The van der Waals surface area contributed by atoms with Crippen molar-refractivity contribution in [2.45, 2.75) is 12.8 Å². The molecule has 230 valence electrons. The standard InChI is InChI=1S/C47H32N2/c1-4-18-37-31(11-1)14-7-20-39(37)41-22-8-15-33-13-3-6-23-43(33)48-46(41)35-25-28-36(29-26-35)49-44-24-10-17-34-16-9-21-40(45(34)44)42-30-27-32-12-2-5-19-38(32)47(42)49/h1-7,9-14,16-30H,8,15H2/b41-22-,48-46-. The molecule has 0 N–H and O–H groups in total. The maximum Gasteiger partial charge on any atom is 0.0784 e. The SMILES string of the molecule is C1=C(c2cccc3ccccc23)\C(c2ccc(N3c4c(ccc5ccccc45)-c4cccc5cccc3c45)cc2)=N/c2ccccc2CC/1. The smallest absolute Gasteiger partial charge is 0.0784 e. The molecule has 2 aliphatic rings. The molecule has 0 aliphatic carbocycles. The molecule has 2 heteroatoms. The Morgan fingerprint density at radius 2 is 1.16 bits per heavy atom. The van der Waals surface area contributed by atoms with E-state index >= 15 is 0 Å². The van der Waals surface area contributed by atoms with Crippen LogP contribution in [0.15, 0.2) is 175 Å². The number of aryl methyl sites for hydroxylation is 1. The van der Waals surface area contributed by atoms with Gasteiger partial charge < -0.3 is 4.90 Å². The van der Waals surface area contributed by atoms with E-state index in [9.17, 15) is 0 Å². The molecule has 8 aromatic rings. The summed E-state index contributed by atoms with van der Waals surface area (Å²) in [6, 6.07) is 59.6. The maximum atomic E-state index is 5.45. The summed E-state index contributed by atoms with van der Waals surface area (Å²) in [6.45, 7) is 0. The molecule has 2 nitrogen and oxygen atoms in total. The second-order valence-electron chi connectivity index (χ2n) is 13.0. The van der Waals surface area contributed by atoms with E-state index < -0.39 is 0 Å². The van der Waals surface area contributed by atoms with E-state index in [1.54, 1.807) is 0 Å². The second-order valence-corrected chi connectivity index (χ2v) is 13.0. The Hall–Kier alpha value is -6.25. The van der Waals surface area contributed by atoms with Gasteiger partial charge in [-0.1, -0.05) is 146 Å². The molecule has 0 aromatic heterocycles. The molecule has 0 saturated heterocycles. The first kappa shape index (κ1) is 27.8. The molecular weight excluding hydrogens is 593 g/mol.